The van der Waals surface area contributed by atoms with Crippen LogP contribution in [0.2, 0.25) is 0 Å². The van der Waals surface area contributed by atoms with E-state index in [9.17, 15) is 8.42 Å². The van der Waals surface area contributed by atoms with Crippen molar-refractivity contribution in [1.29, 1.82) is 0 Å². The molecule has 3 aromatic rings. The van der Waals surface area contributed by atoms with Gasteiger partial charge in [0, 0.05) is 34.9 Å². The lowest BCUT2D eigenvalue weighted by Crippen LogP contribution is -2.14. The van der Waals surface area contributed by atoms with Crippen molar-refractivity contribution in [2.75, 3.05) is 6.54 Å². The summed E-state index contributed by atoms with van der Waals surface area (Å²) in [5, 5.41) is 4.31. The molecule has 0 fully saturated rings. The highest BCUT2D eigenvalue weighted by Gasteiger charge is 2.24. The zero-order chi connectivity index (χ0) is 18.0. The van der Waals surface area contributed by atoms with Gasteiger partial charge in [0.2, 0.25) is 0 Å². The standard InChI is InChI=1S/C17H17N5O2S/c1-12-3-5-14(6-4-12)25(23,24)22-13(2)15(7-10-20-21-18)16-11-19-9-8-17(16)22/h3-6,8-9,11H,7,10H2,1-2H3. The molecule has 3 rings (SSSR count). The zero-order valence-corrected chi connectivity index (χ0v) is 14.7. The number of rotatable bonds is 5. The van der Waals surface area contributed by atoms with E-state index < -0.39 is 10.0 Å². The van der Waals surface area contributed by atoms with Crippen LogP contribution >= 0.6 is 0 Å². The first kappa shape index (κ1) is 17.0. The van der Waals surface area contributed by atoms with Crippen LogP contribution in [0.5, 0.6) is 0 Å². The Morgan fingerprint density at radius 1 is 1.20 bits per heavy atom. The van der Waals surface area contributed by atoms with E-state index in [0.717, 1.165) is 16.5 Å². The Morgan fingerprint density at radius 2 is 1.92 bits per heavy atom. The number of benzene rings is 1. The second kappa shape index (κ2) is 6.58. The molecule has 0 N–H and O–H groups in total. The second-order valence-corrected chi connectivity index (χ2v) is 7.53. The van der Waals surface area contributed by atoms with Crippen molar-refractivity contribution in [2.45, 2.75) is 25.2 Å². The van der Waals surface area contributed by atoms with E-state index >= 15 is 0 Å². The molecular weight excluding hydrogens is 338 g/mol. The van der Waals surface area contributed by atoms with Gasteiger partial charge in [-0.25, -0.2) is 12.4 Å². The molecule has 7 nitrogen and oxygen atoms in total. The number of hydrogen-bond acceptors (Lipinski definition) is 4. The summed E-state index contributed by atoms with van der Waals surface area (Å²) in [4.78, 5) is 7.10. The molecule has 2 heterocycles. The second-order valence-electron chi connectivity index (χ2n) is 5.74. The minimum absolute atomic E-state index is 0.233. The Hall–Kier alpha value is -2.83. The number of nitrogens with zero attached hydrogens (tertiary/aromatic N) is 5. The molecule has 0 aliphatic carbocycles. The summed E-state index contributed by atoms with van der Waals surface area (Å²) in [7, 11) is -3.74. The van der Waals surface area contributed by atoms with Crippen molar-refractivity contribution >= 4 is 20.9 Å². The minimum Gasteiger partial charge on any atom is -0.264 e. The molecule has 0 aliphatic rings. The first-order chi connectivity index (χ1) is 12.0. The summed E-state index contributed by atoms with van der Waals surface area (Å²) < 4.78 is 27.7. The van der Waals surface area contributed by atoms with Crippen LogP contribution in [-0.4, -0.2) is 23.9 Å². The van der Waals surface area contributed by atoms with Crippen molar-refractivity contribution in [3.63, 3.8) is 0 Å². The number of pyridine rings is 1. The summed E-state index contributed by atoms with van der Waals surface area (Å²) in [6.07, 6.45) is 3.67. The largest absolute Gasteiger partial charge is 0.268 e. The molecule has 0 aliphatic heterocycles. The number of hydrogen-bond donors (Lipinski definition) is 0. The lowest BCUT2D eigenvalue weighted by atomic mass is 10.1. The summed E-state index contributed by atoms with van der Waals surface area (Å²) in [6, 6.07) is 8.45. The predicted molar refractivity (Wildman–Crippen MR) is 95.9 cm³/mol. The van der Waals surface area contributed by atoms with E-state index in [1.807, 2.05) is 6.92 Å². The minimum atomic E-state index is -3.74. The van der Waals surface area contributed by atoms with Gasteiger partial charge >= 0.3 is 0 Å². The highest BCUT2D eigenvalue weighted by atomic mass is 32.2. The first-order valence-electron chi connectivity index (χ1n) is 7.74. The molecule has 0 spiro atoms. The summed E-state index contributed by atoms with van der Waals surface area (Å²) in [6.45, 7) is 3.93. The van der Waals surface area contributed by atoms with Crippen LogP contribution in [0.4, 0.5) is 0 Å². The third kappa shape index (κ3) is 2.97. The van der Waals surface area contributed by atoms with Gasteiger partial charge in [-0.1, -0.05) is 22.8 Å². The molecule has 0 bridgehead atoms. The van der Waals surface area contributed by atoms with Gasteiger partial charge < -0.3 is 0 Å². The molecule has 0 unspecified atom stereocenters. The van der Waals surface area contributed by atoms with Gasteiger partial charge in [0.1, 0.15) is 0 Å². The van der Waals surface area contributed by atoms with Crippen LogP contribution < -0.4 is 0 Å². The highest BCUT2D eigenvalue weighted by molar-refractivity contribution is 7.90. The third-order valence-corrected chi connectivity index (χ3v) is 5.99. The molecule has 0 saturated carbocycles. The van der Waals surface area contributed by atoms with Crippen LogP contribution in [0.25, 0.3) is 21.3 Å². The van der Waals surface area contributed by atoms with Crippen molar-refractivity contribution < 1.29 is 8.42 Å². The molecule has 25 heavy (non-hydrogen) atoms. The van der Waals surface area contributed by atoms with E-state index in [1.165, 1.54) is 3.97 Å². The molecule has 0 saturated heterocycles. The number of azide groups is 1. The Bertz CT molecular complexity index is 1080. The summed E-state index contributed by atoms with van der Waals surface area (Å²) in [5.74, 6) is 0. The predicted octanol–water partition coefficient (Wildman–Crippen LogP) is 3.74. The maximum atomic E-state index is 13.2. The third-order valence-electron chi connectivity index (χ3n) is 4.17. The van der Waals surface area contributed by atoms with Gasteiger partial charge in [0.15, 0.2) is 0 Å². The van der Waals surface area contributed by atoms with E-state index in [0.29, 0.717) is 17.6 Å². The normalized spacial score (nSPS) is 11.4. The highest BCUT2D eigenvalue weighted by Crippen LogP contribution is 2.29. The van der Waals surface area contributed by atoms with Crippen LogP contribution in [0.3, 0.4) is 0 Å². The fourth-order valence-electron chi connectivity index (χ4n) is 2.94. The van der Waals surface area contributed by atoms with Gasteiger partial charge in [-0.05, 0) is 49.6 Å². The van der Waals surface area contributed by atoms with Crippen molar-refractivity contribution in [1.82, 2.24) is 8.96 Å². The fraction of sp³-hybridized carbons (Fsp3) is 0.235. The number of aromatic nitrogens is 2. The lowest BCUT2D eigenvalue weighted by molar-refractivity contribution is 0.587. The number of fused-ring (bicyclic) bond motifs is 1. The Balaban J connectivity index is 2.23. The molecular formula is C17H17N5O2S. The maximum absolute atomic E-state index is 13.2. The molecule has 0 amide bonds. The van der Waals surface area contributed by atoms with E-state index in [1.54, 1.807) is 49.6 Å². The van der Waals surface area contributed by atoms with Crippen LogP contribution in [0.15, 0.2) is 52.7 Å². The zero-order valence-electron chi connectivity index (χ0n) is 13.9. The van der Waals surface area contributed by atoms with Crippen molar-refractivity contribution in [2.24, 2.45) is 5.11 Å². The van der Waals surface area contributed by atoms with Crippen LogP contribution in [0.1, 0.15) is 16.8 Å². The quantitative estimate of drug-likeness (QED) is 0.396. The Morgan fingerprint density at radius 3 is 2.60 bits per heavy atom. The molecule has 1 aromatic carbocycles. The average molecular weight is 355 g/mol. The van der Waals surface area contributed by atoms with E-state index in [2.05, 4.69) is 15.0 Å². The van der Waals surface area contributed by atoms with Gasteiger partial charge in [-0.15, -0.1) is 0 Å². The van der Waals surface area contributed by atoms with Crippen molar-refractivity contribution in [3.8, 4) is 0 Å². The summed E-state index contributed by atoms with van der Waals surface area (Å²) in [5.41, 5.74) is 11.5. The van der Waals surface area contributed by atoms with Gasteiger partial charge in [-0.3, -0.25) is 4.98 Å². The Kier molecular flexibility index (Phi) is 4.48. The molecule has 2 aromatic heterocycles. The van der Waals surface area contributed by atoms with Crippen LogP contribution in [-0.2, 0) is 16.4 Å². The average Bonchev–Trinajstić information content (AvgIpc) is 2.88. The summed E-state index contributed by atoms with van der Waals surface area (Å²) >= 11 is 0. The molecule has 128 valence electrons. The monoisotopic (exact) mass is 355 g/mol. The van der Waals surface area contributed by atoms with Crippen LogP contribution in [0, 0.1) is 13.8 Å². The topological polar surface area (TPSA) is 101 Å². The number of aryl methyl sites for hydroxylation is 1. The molecule has 8 heteroatoms. The maximum Gasteiger partial charge on any atom is 0.268 e. The fourth-order valence-corrected chi connectivity index (χ4v) is 4.52. The van der Waals surface area contributed by atoms with Gasteiger partial charge in [0.05, 0.1) is 10.4 Å². The van der Waals surface area contributed by atoms with Gasteiger partial charge in [0.25, 0.3) is 10.0 Å². The molecule has 0 radical (unpaired) electrons. The first-order valence-corrected chi connectivity index (χ1v) is 9.18. The van der Waals surface area contributed by atoms with Crippen molar-refractivity contribution in [3.05, 3.63) is 70.0 Å². The SMILES string of the molecule is Cc1ccc(S(=O)(=O)n2c(C)c(CCN=[N+]=[N-])c3cnccc32)cc1. The molecule has 0 atom stereocenters. The Labute approximate surface area is 145 Å². The lowest BCUT2D eigenvalue weighted by Gasteiger charge is -2.10. The van der Waals surface area contributed by atoms with E-state index in [4.69, 9.17) is 5.53 Å². The van der Waals surface area contributed by atoms with Gasteiger partial charge in [-0.2, -0.15) is 0 Å². The smallest absolute Gasteiger partial charge is 0.264 e. The van der Waals surface area contributed by atoms with E-state index in [-0.39, 0.29) is 11.4 Å².